The summed E-state index contributed by atoms with van der Waals surface area (Å²) >= 11 is 0. The van der Waals surface area contributed by atoms with Crippen molar-refractivity contribution in [1.82, 2.24) is 14.9 Å². The number of hydrogen-bond acceptors (Lipinski definition) is 2. The number of aromatic nitrogens is 2. The first-order chi connectivity index (χ1) is 6.74. The minimum absolute atomic E-state index is 0.754. The van der Waals surface area contributed by atoms with Crippen LogP contribution in [0.15, 0.2) is 12.4 Å². The van der Waals surface area contributed by atoms with Crippen molar-refractivity contribution in [2.75, 3.05) is 6.54 Å². The Kier molecular flexibility index (Phi) is 4.66. The molecule has 3 heteroatoms. The number of imidazole rings is 1. The minimum Gasteiger partial charge on any atom is -0.334 e. The van der Waals surface area contributed by atoms with Crippen LogP contribution in [-0.4, -0.2) is 16.1 Å². The lowest BCUT2D eigenvalue weighted by Crippen LogP contribution is -2.16. The molecule has 1 N–H and O–H groups in total. The summed E-state index contributed by atoms with van der Waals surface area (Å²) in [4.78, 5) is 4.33. The molecule has 1 heterocycles. The summed E-state index contributed by atoms with van der Waals surface area (Å²) in [6.07, 6.45) is 5.16. The van der Waals surface area contributed by atoms with Gasteiger partial charge in [0.2, 0.25) is 0 Å². The van der Waals surface area contributed by atoms with E-state index in [2.05, 4.69) is 41.8 Å². The maximum absolute atomic E-state index is 4.33. The van der Waals surface area contributed by atoms with Crippen LogP contribution in [0.4, 0.5) is 0 Å². The highest BCUT2D eigenvalue weighted by molar-refractivity contribution is 4.91. The van der Waals surface area contributed by atoms with Crippen molar-refractivity contribution in [3.05, 3.63) is 18.2 Å². The summed E-state index contributed by atoms with van der Waals surface area (Å²) in [7, 11) is 0. The van der Waals surface area contributed by atoms with Crippen LogP contribution in [0.25, 0.3) is 0 Å². The van der Waals surface area contributed by atoms with Crippen LogP contribution in [0, 0.1) is 5.92 Å². The first-order valence-corrected chi connectivity index (χ1v) is 5.44. The zero-order valence-electron chi connectivity index (χ0n) is 9.45. The van der Waals surface area contributed by atoms with Crippen molar-refractivity contribution in [3.8, 4) is 0 Å². The molecule has 0 aliphatic carbocycles. The first kappa shape index (κ1) is 11.2. The van der Waals surface area contributed by atoms with Crippen LogP contribution >= 0.6 is 0 Å². The van der Waals surface area contributed by atoms with E-state index in [0.717, 1.165) is 31.4 Å². The summed E-state index contributed by atoms with van der Waals surface area (Å²) < 4.78 is 2.24. The summed E-state index contributed by atoms with van der Waals surface area (Å²) in [6, 6.07) is 0. The molecular formula is C11H21N3. The zero-order chi connectivity index (χ0) is 10.4. The van der Waals surface area contributed by atoms with E-state index in [9.17, 15) is 0 Å². The standard InChI is InChI=1S/C11H21N3/c1-4-12-9-11-13-6-8-14(11)7-5-10(2)3/h6,8,10,12H,4-5,7,9H2,1-3H3. The molecule has 1 aromatic rings. The molecule has 0 spiro atoms. The van der Waals surface area contributed by atoms with Gasteiger partial charge in [0, 0.05) is 18.9 Å². The fraction of sp³-hybridized carbons (Fsp3) is 0.727. The average Bonchev–Trinajstić information content (AvgIpc) is 2.58. The average molecular weight is 195 g/mol. The van der Waals surface area contributed by atoms with Crippen molar-refractivity contribution in [2.45, 2.75) is 40.3 Å². The Morgan fingerprint density at radius 1 is 1.50 bits per heavy atom. The van der Waals surface area contributed by atoms with Gasteiger partial charge < -0.3 is 9.88 Å². The van der Waals surface area contributed by atoms with Gasteiger partial charge in [-0.05, 0) is 18.9 Å². The summed E-state index contributed by atoms with van der Waals surface area (Å²) in [5.41, 5.74) is 0. The maximum Gasteiger partial charge on any atom is 0.122 e. The van der Waals surface area contributed by atoms with E-state index < -0.39 is 0 Å². The highest BCUT2D eigenvalue weighted by Gasteiger charge is 2.02. The van der Waals surface area contributed by atoms with Crippen molar-refractivity contribution in [3.63, 3.8) is 0 Å². The molecule has 0 aliphatic rings. The molecule has 0 saturated heterocycles. The molecule has 0 bridgehead atoms. The second kappa shape index (κ2) is 5.81. The third-order valence-electron chi connectivity index (χ3n) is 2.28. The number of nitrogens with one attached hydrogen (secondary N) is 1. The van der Waals surface area contributed by atoms with Crippen LogP contribution in [0.3, 0.4) is 0 Å². The predicted octanol–water partition coefficient (Wildman–Crippen LogP) is 2.04. The lowest BCUT2D eigenvalue weighted by molar-refractivity contribution is 0.498. The lowest BCUT2D eigenvalue weighted by atomic mass is 10.1. The molecule has 3 nitrogen and oxygen atoms in total. The van der Waals surface area contributed by atoms with Gasteiger partial charge in [-0.3, -0.25) is 0 Å². The quantitative estimate of drug-likeness (QED) is 0.752. The number of nitrogens with zero attached hydrogens (tertiary/aromatic N) is 2. The van der Waals surface area contributed by atoms with E-state index in [-0.39, 0.29) is 0 Å². The van der Waals surface area contributed by atoms with Crippen molar-refractivity contribution in [1.29, 1.82) is 0 Å². The molecule has 14 heavy (non-hydrogen) atoms. The third kappa shape index (κ3) is 3.50. The fourth-order valence-electron chi connectivity index (χ4n) is 1.34. The molecule has 0 aliphatic heterocycles. The number of rotatable bonds is 6. The Balaban J connectivity index is 2.45. The number of aryl methyl sites for hydroxylation is 1. The Hall–Kier alpha value is -0.830. The van der Waals surface area contributed by atoms with Crippen molar-refractivity contribution >= 4 is 0 Å². The van der Waals surface area contributed by atoms with E-state index in [0.29, 0.717) is 0 Å². The van der Waals surface area contributed by atoms with Crippen LogP contribution in [0.5, 0.6) is 0 Å². The van der Waals surface area contributed by atoms with E-state index in [1.54, 1.807) is 0 Å². The largest absolute Gasteiger partial charge is 0.334 e. The van der Waals surface area contributed by atoms with E-state index >= 15 is 0 Å². The highest BCUT2D eigenvalue weighted by atomic mass is 15.1. The van der Waals surface area contributed by atoms with Gasteiger partial charge in [-0.25, -0.2) is 4.98 Å². The number of hydrogen-bond donors (Lipinski definition) is 1. The summed E-state index contributed by atoms with van der Waals surface area (Å²) in [6.45, 7) is 9.57. The topological polar surface area (TPSA) is 29.9 Å². The van der Waals surface area contributed by atoms with Gasteiger partial charge in [0.25, 0.3) is 0 Å². The zero-order valence-corrected chi connectivity index (χ0v) is 9.45. The SMILES string of the molecule is CCNCc1nccn1CCC(C)C. The van der Waals surface area contributed by atoms with Gasteiger partial charge in [0.15, 0.2) is 0 Å². The molecule has 0 aromatic carbocycles. The minimum atomic E-state index is 0.754. The first-order valence-electron chi connectivity index (χ1n) is 5.44. The maximum atomic E-state index is 4.33. The molecule has 0 unspecified atom stereocenters. The Labute approximate surface area is 86.5 Å². The second-order valence-electron chi connectivity index (χ2n) is 4.00. The van der Waals surface area contributed by atoms with Crippen LogP contribution < -0.4 is 5.32 Å². The van der Waals surface area contributed by atoms with E-state index in [4.69, 9.17) is 0 Å². The molecule has 0 amide bonds. The Morgan fingerprint density at radius 2 is 2.29 bits per heavy atom. The molecule has 0 saturated carbocycles. The van der Waals surface area contributed by atoms with Gasteiger partial charge >= 0.3 is 0 Å². The third-order valence-corrected chi connectivity index (χ3v) is 2.28. The smallest absolute Gasteiger partial charge is 0.122 e. The van der Waals surface area contributed by atoms with Gasteiger partial charge in [0.1, 0.15) is 5.82 Å². The van der Waals surface area contributed by atoms with Crippen LogP contribution in [0.2, 0.25) is 0 Å². The van der Waals surface area contributed by atoms with Gasteiger partial charge in [-0.15, -0.1) is 0 Å². The fourth-order valence-corrected chi connectivity index (χ4v) is 1.34. The molecule has 0 atom stereocenters. The highest BCUT2D eigenvalue weighted by Crippen LogP contribution is 2.05. The van der Waals surface area contributed by atoms with Crippen LogP contribution in [-0.2, 0) is 13.1 Å². The molecule has 80 valence electrons. The predicted molar refractivity (Wildman–Crippen MR) is 59.1 cm³/mol. The van der Waals surface area contributed by atoms with E-state index in [1.165, 1.54) is 6.42 Å². The Morgan fingerprint density at radius 3 is 2.93 bits per heavy atom. The summed E-state index contributed by atoms with van der Waals surface area (Å²) in [5.74, 6) is 1.90. The second-order valence-corrected chi connectivity index (χ2v) is 4.00. The molecule has 1 aromatic heterocycles. The van der Waals surface area contributed by atoms with E-state index in [1.807, 2.05) is 6.20 Å². The van der Waals surface area contributed by atoms with Crippen molar-refractivity contribution < 1.29 is 0 Å². The molecule has 0 radical (unpaired) electrons. The van der Waals surface area contributed by atoms with Crippen molar-refractivity contribution in [2.24, 2.45) is 5.92 Å². The summed E-state index contributed by atoms with van der Waals surface area (Å²) in [5, 5.41) is 3.30. The monoisotopic (exact) mass is 195 g/mol. The molecular weight excluding hydrogens is 174 g/mol. The Bertz CT molecular complexity index is 253. The molecule has 0 fully saturated rings. The van der Waals surface area contributed by atoms with Crippen LogP contribution in [0.1, 0.15) is 33.0 Å². The normalized spacial score (nSPS) is 11.1. The van der Waals surface area contributed by atoms with Gasteiger partial charge in [-0.1, -0.05) is 20.8 Å². The van der Waals surface area contributed by atoms with Gasteiger partial charge in [0.05, 0.1) is 6.54 Å². The molecule has 1 rings (SSSR count). The van der Waals surface area contributed by atoms with Gasteiger partial charge in [-0.2, -0.15) is 0 Å². The lowest BCUT2D eigenvalue weighted by Gasteiger charge is -2.09.